The van der Waals surface area contributed by atoms with E-state index in [0.717, 1.165) is 17.7 Å². The van der Waals surface area contributed by atoms with Crippen molar-refractivity contribution in [1.29, 1.82) is 0 Å². The predicted octanol–water partition coefficient (Wildman–Crippen LogP) is 3.42. The molecule has 5 nitrogen and oxygen atoms in total. The average molecular weight is 363 g/mol. The summed E-state index contributed by atoms with van der Waals surface area (Å²) >= 11 is 0. The number of halogens is 2. The summed E-state index contributed by atoms with van der Waals surface area (Å²) in [5, 5.41) is 6.31. The van der Waals surface area contributed by atoms with E-state index in [1.165, 1.54) is 6.07 Å². The summed E-state index contributed by atoms with van der Waals surface area (Å²) < 4.78 is 34.5. The monoisotopic (exact) mass is 363 g/mol. The van der Waals surface area contributed by atoms with Crippen LogP contribution in [0.25, 0.3) is 0 Å². The van der Waals surface area contributed by atoms with Gasteiger partial charge in [0.2, 0.25) is 0 Å². The summed E-state index contributed by atoms with van der Waals surface area (Å²) in [4.78, 5) is 4.13. The fourth-order valence-electron chi connectivity index (χ4n) is 2.22. The highest BCUT2D eigenvalue weighted by molar-refractivity contribution is 5.79. The Morgan fingerprint density at radius 2 is 1.81 bits per heavy atom. The van der Waals surface area contributed by atoms with Crippen LogP contribution in [0.15, 0.2) is 59.6 Å². The molecule has 0 atom stereocenters. The number of hydrogen-bond acceptors (Lipinski definition) is 3. The zero-order valence-corrected chi connectivity index (χ0v) is 14.6. The van der Waals surface area contributed by atoms with Gasteiger partial charge in [0.1, 0.15) is 11.5 Å². The van der Waals surface area contributed by atoms with Crippen molar-refractivity contribution in [3.8, 4) is 11.5 Å². The highest BCUT2D eigenvalue weighted by Gasteiger charge is 2.05. The van der Waals surface area contributed by atoms with Crippen molar-refractivity contribution in [3.05, 3.63) is 60.2 Å². The van der Waals surface area contributed by atoms with Crippen LogP contribution in [-0.2, 0) is 6.54 Å². The third-order valence-electron chi connectivity index (χ3n) is 3.43. The Labute approximate surface area is 152 Å². The molecule has 0 unspecified atom stereocenters. The topological polar surface area (TPSA) is 54.9 Å². The molecule has 0 heterocycles. The predicted molar refractivity (Wildman–Crippen MR) is 97.8 cm³/mol. The van der Waals surface area contributed by atoms with E-state index in [-0.39, 0.29) is 5.75 Å². The average Bonchev–Trinajstić information content (AvgIpc) is 2.64. The summed E-state index contributed by atoms with van der Waals surface area (Å²) in [6.45, 7) is -1.09. The first-order valence-corrected chi connectivity index (χ1v) is 8.33. The van der Waals surface area contributed by atoms with E-state index in [2.05, 4.69) is 20.4 Å². The molecule has 26 heavy (non-hydrogen) atoms. The molecule has 0 aliphatic carbocycles. The Hall–Kier alpha value is -2.83. The van der Waals surface area contributed by atoms with Gasteiger partial charge in [0.05, 0.1) is 6.61 Å². The van der Waals surface area contributed by atoms with Crippen LogP contribution in [0.5, 0.6) is 11.5 Å². The van der Waals surface area contributed by atoms with E-state index in [1.807, 2.05) is 36.4 Å². The zero-order valence-electron chi connectivity index (χ0n) is 14.6. The minimum absolute atomic E-state index is 0.139. The summed E-state index contributed by atoms with van der Waals surface area (Å²) in [5.41, 5.74) is 0.818. The number of aliphatic imine (C=N–C) groups is 1. The number of nitrogens with zero attached hydrogens (tertiary/aromatic N) is 1. The molecule has 7 heteroatoms. The molecule has 0 amide bonds. The lowest BCUT2D eigenvalue weighted by atomic mass is 10.2. The van der Waals surface area contributed by atoms with Gasteiger partial charge in [0.15, 0.2) is 5.96 Å². The molecule has 0 aliphatic heterocycles. The molecular formula is C19H23F2N3O2. The van der Waals surface area contributed by atoms with Crippen LogP contribution in [0.1, 0.15) is 12.0 Å². The van der Waals surface area contributed by atoms with E-state index >= 15 is 0 Å². The highest BCUT2D eigenvalue weighted by Crippen LogP contribution is 2.15. The largest absolute Gasteiger partial charge is 0.494 e. The fourth-order valence-corrected chi connectivity index (χ4v) is 2.22. The number of nitrogens with one attached hydrogen (secondary N) is 2. The van der Waals surface area contributed by atoms with Crippen LogP contribution in [0.2, 0.25) is 0 Å². The smallest absolute Gasteiger partial charge is 0.387 e. The highest BCUT2D eigenvalue weighted by atomic mass is 19.3. The first kappa shape index (κ1) is 19.5. The molecule has 0 fully saturated rings. The van der Waals surface area contributed by atoms with Gasteiger partial charge in [-0.3, -0.25) is 4.99 Å². The molecule has 0 radical (unpaired) electrons. The number of para-hydroxylation sites is 1. The number of guanidine groups is 1. The van der Waals surface area contributed by atoms with Gasteiger partial charge in [0, 0.05) is 20.1 Å². The second-order valence-corrected chi connectivity index (χ2v) is 5.39. The SMILES string of the molecule is CN=C(NCCCOc1ccccc1)NCc1cccc(OC(F)F)c1. The minimum atomic E-state index is -2.83. The van der Waals surface area contributed by atoms with E-state index in [9.17, 15) is 8.78 Å². The number of hydrogen-bond donors (Lipinski definition) is 2. The van der Waals surface area contributed by atoms with Crippen LogP contribution < -0.4 is 20.1 Å². The fraction of sp³-hybridized carbons (Fsp3) is 0.316. The Morgan fingerprint density at radius 1 is 1.04 bits per heavy atom. The standard InChI is InChI=1S/C19H23F2N3O2/c1-22-19(23-11-6-12-25-16-8-3-2-4-9-16)24-14-15-7-5-10-17(13-15)26-18(20)21/h2-5,7-10,13,18H,6,11-12,14H2,1H3,(H2,22,23,24). The van der Waals surface area contributed by atoms with Gasteiger partial charge in [-0.1, -0.05) is 30.3 Å². The maximum absolute atomic E-state index is 12.3. The Balaban J connectivity index is 1.67. The number of benzene rings is 2. The molecule has 2 aromatic rings. The molecule has 2 N–H and O–H groups in total. The first-order chi connectivity index (χ1) is 12.7. The third-order valence-corrected chi connectivity index (χ3v) is 3.43. The van der Waals surface area contributed by atoms with Gasteiger partial charge in [-0.05, 0) is 36.2 Å². The normalized spacial score (nSPS) is 11.3. The Kier molecular flexibility index (Phi) is 8.18. The van der Waals surface area contributed by atoms with E-state index in [1.54, 1.807) is 19.2 Å². The molecule has 0 spiro atoms. The third kappa shape index (κ3) is 7.38. The molecule has 0 bridgehead atoms. The molecule has 0 aliphatic rings. The van der Waals surface area contributed by atoms with Crippen LogP contribution in [0, 0.1) is 0 Å². The number of ether oxygens (including phenoxy) is 2. The minimum Gasteiger partial charge on any atom is -0.494 e. The lowest BCUT2D eigenvalue weighted by Crippen LogP contribution is -2.37. The van der Waals surface area contributed by atoms with Crippen LogP contribution >= 0.6 is 0 Å². The van der Waals surface area contributed by atoms with Crippen molar-refractivity contribution in [2.24, 2.45) is 4.99 Å². The summed E-state index contributed by atoms with van der Waals surface area (Å²) in [6.07, 6.45) is 0.813. The van der Waals surface area contributed by atoms with Gasteiger partial charge < -0.3 is 20.1 Å². The van der Waals surface area contributed by atoms with Crippen LogP contribution in [-0.4, -0.2) is 32.8 Å². The van der Waals surface area contributed by atoms with Crippen molar-refractivity contribution < 1.29 is 18.3 Å². The van der Waals surface area contributed by atoms with Crippen molar-refractivity contribution in [3.63, 3.8) is 0 Å². The quantitative estimate of drug-likeness (QED) is 0.407. The molecule has 0 aromatic heterocycles. The first-order valence-electron chi connectivity index (χ1n) is 8.33. The van der Waals surface area contributed by atoms with E-state index in [4.69, 9.17) is 4.74 Å². The summed E-state index contributed by atoms with van der Waals surface area (Å²) in [6, 6.07) is 16.2. The second-order valence-electron chi connectivity index (χ2n) is 5.39. The van der Waals surface area contributed by atoms with Gasteiger partial charge in [0.25, 0.3) is 0 Å². The Bertz CT molecular complexity index is 681. The van der Waals surface area contributed by atoms with Crippen molar-refractivity contribution >= 4 is 5.96 Å². The van der Waals surface area contributed by atoms with Crippen LogP contribution in [0.4, 0.5) is 8.78 Å². The van der Waals surface area contributed by atoms with Crippen molar-refractivity contribution in [2.75, 3.05) is 20.2 Å². The van der Waals surface area contributed by atoms with Gasteiger partial charge in [-0.15, -0.1) is 0 Å². The number of rotatable bonds is 9. The van der Waals surface area contributed by atoms with Crippen molar-refractivity contribution in [1.82, 2.24) is 10.6 Å². The molecule has 140 valence electrons. The molecule has 0 saturated carbocycles. The van der Waals surface area contributed by atoms with E-state index in [0.29, 0.717) is 25.7 Å². The van der Waals surface area contributed by atoms with Gasteiger partial charge >= 0.3 is 6.61 Å². The van der Waals surface area contributed by atoms with E-state index < -0.39 is 6.61 Å². The number of alkyl halides is 2. The van der Waals surface area contributed by atoms with Crippen LogP contribution in [0.3, 0.4) is 0 Å². The zero-order chi connectivity index (χ0) is 18.6. The maximum Gasteiger partial charge on any atom is 0.387 e. The second kappa shape index (κ2) is 10.9. The molecular weight excluding hydrogens is 340 g/mol. The molecule has 2 rings (SSSR count). The molecule has 0 saturated heterocycles. The molecule has 2 aromatic carbocycles. The van der Waals surface area contributed by atoms with Crippen molar-refractivity contribution in [2.45, 2.75) is 19.6 Å². The Morgan fingerprint density at radius 3 is 2.54 bits per heavy atom. The van der Waals surface area contributed by atoms with Gasteiger partial charge in [-0.2, -0.15) is 8.78 Å². The maximum atomic E-state index is 12.3. The summed E-state index contributed by atoms with van der Waals surface area (Å²) in [5.74, 6) is 1.62. The summed E-state index contributed by atoms with van der Waals surface area (Å²) in [7, 11) is 1.67. The van der Waals surface area contributed by atoms with Gasteiger partial charge in [-0.25, -0.2) is 0 Å². The lowest BCUT2D eigenvalue weighted by molar-refractivity contribution is -0.0498. The lowest BCUT2D eigenvalue weighted by Gasteiger charge is -2.13.